The summed E-state index contributed by atoms with van der Waals surface area (Å²) in [5.41, 5.74) is 2.52. The largest absolute Gasteiger partial charge is 0.384 e. The molecular formula is C14H14ClN3O2. The first-order valence-electron chi connectivity index (χ1n) is 6.16. The minimum Gasteiger partial charge on any atom is -0.384 e. The molecule has 2 rings (SSSR count). The average molecular weight is 292 g/mol. The fourth-order valence-corrected chi connectivity index (χ4v) is 2.10. The van der Waals surface area contributed by atoms with Crippen molar-refractivity contribution in [3.05, 3.63) is 62.9 Å². The number of hydrogen-bond acceptors (Lipinski definition) is 4. The van der Waals surface area contributed by atoms with E-state index in [1.807, 2.05) is 25.1 Å². The quantitative estimate of drug-likeness (QED) is 0.675. The second-order valence-corrected chi connectivity index (χ2v) is 4.78. The third kappa shape index (κ3) is 3.45. The summed E-state index contributed by atoms with van der Waals surface area (Å²) in [5, 5.41) is 14.1. The topological polar surface area (TPSA) is 68.1 Å². The minimum absolute atomic E-state index is 0.0700. The van der Waals surface area contributed by atoms with Crippen LogP contribution in [-0.4, -0.2) is 16.5 Å². The molecule has 0 saturated carbocycles. The van der Waals surface area contributed by atoms with Crippen LogP contribution in [0.5, 0.6) is 0 Å². The Morgan fingerprint density at radius 2 is 2.20 bits per heavy atom. The van der Waals surface area contributed by atoms with Gasteiger partial charge >= 0.3 is 0 Å². The zero-order chi connectivity index (χ0) is 14.5. The molecule has 1 N–H and O–H groups in total. The summed E-state index contributed by atoms with van der Waals surface area (Å²) < 4.78 is 0. The molecule has 0 aliphatic carbocycles. The van der Waals surface area contributed by atoms with Crippen LogP contribution in [0.1, 0.15) is 11.3 Å². The summed E-state index contributed by atoms with van der Waals surface area (Å²) in [5.74, 6) is 0. The van der Waals surface area contributed by atoms with Gasteiger partial charge in [-0.15, -0.1) is 0 Å². The Kier molecular flexibility index (Phi) is 4.53. The minimum atomic E-state index is -0.479. The number of nitrogens with one attached hydrogen (secondary N) is 1. The normalized spacial score (nSPS) is 10.3. The zero-order valence-corrected chi connectivity index (χ0v) is 11.7. The average Bonchev–Trinajstić information content (AvgIpc) is 2.43. The lowest BCUT2D eigenvalue weighted by atomic mass is 10.1. The predicted molar refractivity (Wildman–Crippen MR) is 79.3 cm³/mol. The van der Waals surface area contributed by atoms with E-state index in [1.165, 1.54) is 6.07 Å². The molecule has 20 heavy (non-hydrogen) atoms. The van der Waals surface area contributed by atoms with Crippen LogP contribution in [0, 0.1) is 17.0 Å². The van der Waals surface area contributed by atoms with Crippen LogP contribution < -0.4 is 5.32 Å². The number of hydrogen-bond donors (Lipinski definition) is 1. The Bertz CT molecular complexity index is 617. The number of rotatable bonds is 5. The van der Waals surface area contributed by atoms with E-state index in [4.69, 9.17) is 11.6 Å². The van der Waals surface area contributed by atoms with Gasteiger partial charge in [-0.05, 0) is 30.7 Å². The Balaban J connectivity index is 2.03. The molecule has 6 heteroatoms. The maximum Gasteiger partial charge on any atom is 0.288 e. The van der Waals surface area contributed by atoms with Crippen LogP contribution in [-0.2, 0) is 6.42 Å². The first kappa shape index (κ1) is 14.3. The summed E-state index contributed by atoms with van der Waals surface area (Å²) >= 11 is 5.90. The third-order valence-electron chi connectivity index (χ3n) is 2.91. The van der Waals surface area contributed by atoms with Crippen molar-refractivity contribution in [2.75, 3.05) is 11.9 Å². The van der Waals surface area contributed by atoms with Gasteiger partial charge in [0.05, 0.1) is 4.92 Å². The Hall–Kier alpha value is -2.14. The van der Waals surface area contributed by atoms with E-state index in [-0.39, 0.29) is 10.7 Å². The Labute approximate surface area is 121 Å². The van der Waals surface area contributed by atoms with E-state index in [1.54, 1.807) is 12.3 Å². The highest BCUT2D eigenvalue weighted by Gasteiger charge is 2.14. The van der Waals surface area contributed by atoms with Crippen LogP contribution >= 0.6 is 11.6 Å². The number of nitrogens with zero attached hydrogens (tertiary/aromatic N) is 2. The molecule has 1 heterocycles. The number of nitro benzene ring substituents is 1. The molecule has 0 amide bonds. The van der Waals surface area contributed by atoms with Crippen LogP contribution in [0.15, 0.2) is 36.5 Å². The Morgan fingerprint density at radius 3 is 2.85 bits per heavy atom. The van der Waals surface area contributed by atoms with Crippen LogP contribution in [0.4, 0.5) is 11.4 Å². The van der Waals surface area contributed by atoms with Gasteiger partial charge in [0.15, 0.2) is 0 Å². The molecule has 104 valence electrons. The lowest BCUT2D eigenvalue weighted by Crippen LogP contribution is -2.07. The number of aromatic nitrogens is 1. The van der Waals surface area contributed by atoms with Gasteiger partial charge in [0, 0.05) is 36.6 Å². The van der Waals surface area contributed by atoms with E-state index in [0.29, 0.717) is 6.54 Å². The molecule has 0 bridgehead atoms. The fourth-order valence-electron chi connectivity index (χ4n) is 1.87. The molecule has 0 aliphatic rings. The molecule has 5 nitrogen and oxygen atoms in total. The Morgan fingerprint density at radius 1 is 1.40 bits per heavy atom. The van der Waals surface area contributed by atoms with Gasteiger partial charge in [0.25, 0.3) is 5.69 Å². The highest BCUT2D eigenvalue weighted by Crippen LogP contribution is 2.30. The van der Waals surface area contributed by atoms with Gasteiger partial charge in [0.1, 0.15) is 5.02 Å². The molecule has 1 aromatic heterocycles. The van der Waals surface area contributed by atoms with Crippen molar-refractivity contribution >= 4 is 23.0 Å². The summed E-state index contributed by atoms with van der Waals surface area (Å²) in [7, 11) is 0. The van der Waals surface area contributed by atoms with Gasteiger partial charge in [0.2, 0.25) is 0 Å². The second kappa shape index (κ2) is 6.34. The number of anilines is 1. The smallest absolute Gasteiger partial charge is 0.288 e. The summed E-state index contributed by atoms with van der Waals surface area (Å²) in [6.07, 6.45) is 2.53. The van der Waals surface area contributed by atoms with Gasteiger partial charge in [-0.1, -0.05) is 17.7 Å². The summed E-state index contributed by atoms with van der Waals surface area (Å²) in [4.78, 5) is 14.5. The maximum absolute atomic E-state index is 10.8. The zero-order valence-electron chi connectivity index (χ0n) is 11.0. The van der Waals surface area contributed by atoms with Gasteiger partial charge < -0.3 is 5.32 Å². The van der Waals surface area contributed by atoms with E-state index >= 15 is 0 Å². The van der Waals surface area contributed by atoms with Crippen molar-refractivity contribution in [1.82, 2.24) is 4.98 Å². The van der Waals surface area contributed by atoms with Gasteiger partial charge in [-0.3, -0.25) is 15.1 Å². The number of aryl methyl sites for hydroxylation is 1. The molecule has 2 aromatic rings. The highest BCUT2D eigenvalue weighted by atomic mass is 35.5. The molecule has 0 aliphatic heterocycles. The molecule has 0 atom stereocenters. The van der Waals surface area contributed by atoms with Crippen molar-refractivity contribution in [3.8, 4) is 0 Å². The van der Waals surface area contributed by atoms with E-state index < -0.39 is 4.92 Å². The van der Waals surface area contributed by atoms with Crippen molar-refractivity contribution in [2.24, 2.45) is 0 Å². The number of benzene rings is 1. The second-order valence-electron chi connectivity index (χ2n) is 4.37. The summed E-state index contributed by atoms with van der Waals surface area (Å²) in [6.45, 7) is 2.50. The SMILES string of the molecule is Cc1cc([N+](=O)[O-])c(Cl)cc1NCCc1ccccn1. The van der Waals surface area contributed by atoms with Crippen LogP contribution in [0.2, 0.25) is 5.02 Å². The van der Waals surface area contributed by atoms with Crippen molar-refractivity contribution < 1.29 is 4.92 Å². The molecule has 0 radical (unpaired) electrons. The molecule has 0 unspecified atom stereocenters. The lowest BCUT2D eigenvalue weighted by molar-refractivity contribution is -0.384. The van der Waals surface area contributed by atoms with Crippen LogP contribution in [0.25, 0.3) is 0 Å². The fraction of sp³-hybridized carbons (Fsp3) is 0.214. The maximum atomic E-state index is 10.8. The molecular weight excluding hydrogens is 278 g/mol. The van der Waals surface area contributed by atoms with Crippen molar-refractivity contribution in [3.63, 3.8) is 0 Å². The lowest BCUT2D eigenvalue weighted by Gasteiger charge is -2.10. The number of nitro groups is 1. The van der Waals surface area contributed by atoms with Crippen LogP contribution in [0.3, 0.4) is 0 Å². The standard InChI is InChI=1S/C14H14ClN3O2/c1-10-8-14(18(19)20)12(15)9-13(10)17-7-5-11-4-2-3-6-16-11/h2-4,6,8-9,17H,5,7H2,1H3. The van der Waals surface area contributed by atoms with E-state index in [9.17, 15) is 10.1 Å². The molecule has 0 spiro atoms. The first-order chi connectivity index (χ1) is 9.58. The third-order valence-corrected chi connectivity index (χ3v) is 3.22. The number of pyridine rings is 1. The summed E-state index contributed by atoms with van der Waals surface area (Å²) in [6, 6.07) is 8.84. The van der Waals surface area contributed by atoms with Gasteiger partial charge in [-0.2, -0.15) is 0 Å². The predicted octanol–water partition coefficient (Wildman–Crippen LogP) is 3.61. The monoisotopic (exact) mass is 291 g/mol. The highest BCUT2D eigenvalue weighted by molar-refractivity contribution is 6.33. The molecule has 0 fully saturated rings. The molecule has 0 saturated heterocycles. The van der Waals surface area contributed by atoms with Crippen molar-refractivity contribution in [2.45, 2.75) is 13.3 Å². The van der Waals surface area contributed by atoms with Crippen molar-refractivity contribution in [1.29, 1.82) is 0 Å². The van der Waals surface area contributed by atoms with Gasteiger partial charge in [-0.25, -0.2) is 0 Å². The number of halogens is 1. The molecule has 1 aromatic carbocycles. The van der Waals surface area contributed by atoms with E-state index in [0.717, 1.165) is 23.4 Å². The van der Waals surface area contributed by atoms with E-state index in [2.05, 4.69) is 10.3 Å². The first-order valence-corrected chi connectivity index (χ1v) is 6.54.